The first-order valence-electron chi connectivity index (χ1n) is 11.6. The molecule has 3 N–H and O–H groups in total. The Hall–Kier alpha value is -2.74. The summed E-state index contributed by atoms with van der Waals surface area (Å²) in [4.78, 5) is 23.1. The van der Waals surface area contributed by atoms with Gasteiger partial charge in [0.2, 0.25) is 0 Å². The fraction of sp³-hybridized carbons (Fsp3) is 0.440. The zero-order valence-electron chi connectivity index (χ0n) is 18.4. The van der Waals surface area contributed by atoms with Crippen LogP contribution in [-0.2, 0) is 11.3 Å². The van der Waals surface area contributed by atoms with Crippen LogP contribution >= 0.6 is 0 Å². The number of piperidine rings is 1. The van der Waals surface area contributed by atoms with Gasteiger partial charge in [0.05, 0.1) is 24.5 Å². The van der Waals surface area contributed by atoms with Gasteiger partial charge in [-0.15, -0.1) is 0 Å². The predicted molar refractivity (Wildman–Crippen MR) is 126 cm³/mol. The number of aromatic amines is 1. The van der Waals surface area contributed by atoms with Crippen molar-refractivity contribution in [2.45, 2.75) is 19.4 Å². The van der Waals surface area contributed by atoms with E-state index in [2.05, 4.69) is 44.8 Å². The summed E-state index contributed by atoms with van der Waals surface area (Å²) in [7, 11) is 0. The summed E-state index contributed by atoms with van der Waals surface area (Å²) in [6, 6.07) is 12.6. The summed E-state index contributed by atoms with van der Waals surface area (Å²) in [5.74, 6) is 0.526. The second kappa shape index (κ2) is 9.81. The minimum absolute atomic E-state index is 0.0307. The van der Waals surface area contributed by atoms with Gasteiger partial charge in [0.15, 0.2) is 0 Å². The Bertz CT molecular complexity index is 1050. The molecule has 7 nitrogen and oxygen atoms in total. The molecule has 2 aliphatic rings. The molecule has 7 heteroatoms. The van der Waals surface area contributed by atoms with Gasteiger partial charge >= 0.3 is 0 Å². The highest BCUT2D eigenvalue weighted by Gasteiger charge is 2.17. The molecule has 5 rings (SSSR count). The van der Waals surface area contributed by atoms with E-state index in [9.17, 15) is 4.79 Å². The molecular formula is C25H31N5O2. The van der Waals surface area contributed by atoms with Crippen molar-refractivity contribution in [3.05, 3.63) is 53.7 Å². The van der Waals surface area contributed by atoms with E-state index in [-0.39, 0.29) is 5.91 Å². The monoisotopic (exact) mass is 433 g/mol. The van der Waals surface area contributed by atoms with Crippen molar-refractivity contribution < 1.29 is 9.53 Å². The molecule has 0 aliphatic carbocycles. The smallest absolute Gasteiger partial charge is 0.253 e. The third kappa shape index (κ3) is 4.85. The number of hydrogen-bond donors (Lipinski definition) is 3. The van der Waals surface area contributed by atoms with Crippen LogP contribution in [0.15, 0.2) is 42.6 Å². The Morgan fingerprint density at radius 1 is 1.09 bits per heavy atom. The van der Waals surface area contributed by atoms with Gasteiger partial charge in [-0.2, -0.15) is 0 Å². The Morgan fingerprint density at radius 2 is 1.88 bits per heavy atom. The van der Waals surface area contributed by atoms with Crippen LogP contribution in [0.5, 0.6) is 0 Å². The number of ether oxygens (including phenoxy) is 1. The maximum Gasteiger partial charge on any atom is 0.253 e. The lowest BCUT2D eigenvalue weighted by Gasteiger charge is -2.26. The van der Waals surface area contributed by atoms with Crippen LogP contribution in [0, 0.1) is 5.92 Å². The summed E-state index contributed by atoms with van der Waals surface area (Å²) in [5.41, 5.74) is 4.67. The van der Waals surface area contributed by atoms with Crippen molar-refractivity contribution in [3.63, 3.8) is 0 Å². The van der Waals surface area contributed by atoms with E-state index in [0.29, 0.717) is 11.5 Å². The highest BCUT2D eigenvalue weighted by atomic mass is 16.5. The minimum atomic E-state index is -0.0307. The van der Waals surface area contributed by atoms with Gasteiger partial charge in [-0.1, -0.05) is 24.3 Å². The lowest BCUT2D eigenvalue weighted by molar-refractivity contribution is 0.0342. The highest BCUT2D eigenvalue weighted by Crippen LogP contribution is 2.24. The van der Waals surface area contributed by atoms with Crippen LogP contribution < -0.4 is 10.6 Å². The summed E-state index contributed by atoms with van der Waals surface area (Å²) < 4.78 is 5.43. The number of nitrogens with one attached hydrogen (secondary N) is 3. The molecule has 0 radical (unpaired) electrons. The van der Waals surface area contributed by atoms with E-state index < -0.39 is 0 Å². The molecule has 3 aromatic rings. The molecule has 2 fully saturated rings. The predicted octanol–water partition coefficient (Wildman–Crippen LogP) is 2.79. The molecule has 1 amide bonds. The SMILES string of the molecule is O=C(NCC1CCNCC1)c1c[nH]c2nc(-c3ccc(CN4CCOCC4)cc3)ccc12. The van der Waals surface area contributed by atoms with Crippen molar-refractivity contribution in [1.82, 2.24) is 25.5 Å². The van der Waals surface area contributed by atoms with Gasteiger partial charge in [0, 0.05) is 43.3 Å². The van der Waals surface area contributed by atoms with Gasteiger partial charge in [0.25, 0.3) is 5.91 Å². The van der Waals surface area contributed by atoms with Crippen LogP contribution in [0.4, 0.5) is 0 Å². The number of carbonyl (C=O) groups excluding carboxylic acids is 1. The lowest BCUT2D eigenvalue weighted by atomic mass is 9.98. The number of morpholine rings is 1. The van der Waals surface area contributed by atoms with Gasteiger partial charge in [-0.3, -0.25) is 9.69 Å². The quantitative estimate of drug-likeness (QED) is 0.557. The number of hydrogen-bond acceptors (Lipinski definition) is 5. The van der Waals surface area contributed by atoms with E-state index in [1.54, 1.807) is 6.20 Å². The number of benzene rings is 1. The first-order chi connectivity index (χ1) is 15.8. The van der Waals surface area contributed by atoms with Crippen LogP contribution in [0.2, 0.25) is 0 Å². The Labute approximate surface area is 188 Å². The third-order valence-corrected chi connectivity index (χ3v) is 6.55. The number of aromatic nitrogens is 2. The maximum atomic E-state index is 12.7. The lowest BCUT2D eigenvalue weighted by Crippen LogP contribution is -2.35. The number of pyridine rings is 1. The molecule has 1 aromatic carbocycles. The summed E-state index contributed by atoms with van der Waals surface area (Å²) in [5, 5.41) is 7.33. The molecule has 2 aromatic heterocycles. The summed E-state index contributed by atoms with van der Waals surface area (Å²) in [6.45, 7) is 7.36. The maximum absolute atomic E-state index is 12.7. The second-order valence-electron chi connectivity index (χ2n) is 8.78. The molecule has 0 atom stereocenters. The van der Waals surface area contributed by atoms with Crippen molar-refractivity contribution in [1.29, 1.82) is 0 Å². The van der Waals surface area contributed by atoms with E-state index in [0.717, 1.165) is 87.6 Å². The van der Waals surface area contributed by atoms with E-state index in [1.807, 2.05) is 12.1 Å². The van der Waals surface area contributed by atoms with Crippen molar-refractivity contribution in [3.8, 4) is 11.3 Å². The van der Waals surface area contributed by atoms with Gasteiger partial charge < -0.3 is 20.4 Å². The van der Waals surface area contributed by atoms with Crippen molar-refractivity contribution in [2.75, 3.05) is 45.9 Å². The number of nitrogens with zero attached hydrogens (tertiary/aromatic N) is 2. The van der Waals surface area contributed by atoms with E-state index >= 15 is 0 Å². The third-order valence-electron chi connectivity index (χ3n) is 6.55. The van der Waals surface area contributed by atoms with Crippen LogP contribution in [0.3, 0.4) is 0 Å². The Morgan fingerprint density at radius 3 is 2.66 bits per heavy atom. The van der Waals surface area contributed by atoms with Crippen LogP contribution in [0.1, 0.15) is 28.8 Å². The molecule has 0 unspecified atom stereocenters. The highest BCUT2D eigenvalue weighted by molar-refractivity contribution is 6.06. The van der Waals surface area contributed by atoms with Gasteiger partial charge in [-0.25, -0.2) is 4.98 Å². The molecule has 0 bridgehead atoms. The fourth-order valence-electron chi connectivity index (χ4n) is 4.57. The minimum Gasteiger partial charge on any atom is -0.379 e. The Kier molecular flexibility index (Phi) is 6.48. The normalized spacial score (nSPS) is 18.1. The molecular weight excluding hydrogens is 402 g/mol. The Balaban J connectivity index is 1.25. The second-order valence-corrected chi connectivity index (χ2v) is 8.78. The van der Waals surface area contributed by atoms with Gasteiger partial charge in [-0.05, 0) is 49.5 Å². The number of H-pyrrole nitrogens is 1. The first kappa shape index (κ1) is 21.1. The molecule has 2 aliphatic heterocycles. The van der Waals surface area contributed by atoms with Crippen LogP contribution in [-0.4, -0.2) is 66.7 Å². The van der Waals surface area contributed by atoms with Gasteiger partial charge in [0.1, 0.15) is 5.65 Å². The van der Waals surface area contributed by atoms with Crippen molar-refractivity contribution in [2.24, 2.45) is 5.92 Å². The summed E-state index contributed by atoms with van der Waals surface area (Å²) in [6.07, 6.45) is 4.00. The zero-order valence-corrected chi connectivity index (χ0v) is 18.4. The van der Waals surface area contributed by atoms with E-state index in [4.69, 9.17) is 9.72 Å². The molecule has 4 heterocycles. The largest absolute Gasteiger partial charge is 0.379 e. The zero-order chi connectivity index (χ0) is 21.8. The molecule has 0 spiro atoms. The molecule has 2 saturated heterocycles. The molecule has 0 saturated carbocycles. The number of rotatable bonds is 6. The van der Waals surface area contributed by atoms with Crippen LogP contribution in [0.25, 0.3) is 22.3 Å². The average Bonchev–Trinajstić information content (AvgIpc) is 3.28. The first-order valence-corrected chi connectivity index (χ1v) is 11.6. The number of fused-ring (bicyclic) bond motifs is 1. The molecule has 32 heavy (non-hydrogen) atoms. The molecule has 168 valence electrons. The number of carbonyl (C=O) groups is 1. The summed E-state index contributed by atoms with van der Waals surface area (Å²) >= 11 is 0. The van der Waals surface area contributed by atoms with E-state index in [1.165, 1.54) is 5.56 Å². The fourth-order valence-corrected chi connectivity index (χ4v) is 4.57. The topological polar surface area (TPSA) is 82.3 Å². The average molecular weight is 434 g/mol. The number of amides is 1. The van der Waals surface area contributed by atoms with Crippen molar-refractivity contribution >= 4 is 16.9 Å². The standard InChI is InChI=1S/C25H31N5O2/c31-25(28-15-18-7-9-26-10-8-18)22-16-27-24-21(22)5-6-23(29-24)20-3-1-19(2-4-20)17-30-11-13-32-14-12-30/h1-6,16,18,26H,7-15,17H2,(H,27,29)(H,28,31).